The molecule has 0 aliphatic heterocycles. The highest BCUT2D eigenvalue weighted by Crippen LogP contribution is 2.35. The Morgan fingerprint density at radius 3 is 2.44 bits per heavy atom. The number of aliphatic carboxylic acids is 1. The van der Waals surface area contributed by atoms with E-state index in [0.717, 1.165) is 4.31 Å². The van der Waals surface area contributed by atoms with Crippen molar-refractivity contribution in [2.24, 2.45) is 0 Å². The van der Waals surface area contributed by atoms with E-state index in [1.807, 2.05) is 0 Å². The van der Waals surface area contributed by atoms with Crippen molar-refractivity contribution in [3.05, 3.63) is 0 Å². The molecule has 0 amide bonds. The van der Waals surface area contributed by atoms with Crippen molar-refractivity contribution in [1.29, 1.82) is 0 Å². The standard InChI is InChI=1S/C8H16N2O5S/c1-10(5-2-7(12)13)16(14,15)9-8(6-11)3-4-8/h9,11H,2-6H2,1H3,(H,12,13). The third kappa shape index (κ3) is 3.41. The quantitative estimate of drug-likeness (QED) is 0.525. The number of hydrogen-bond acceptors (Lipinski definition) is 4. The van der Waals surface area contributed by atoms with Crippen LogP contribution in [-0.4, -0.2) is 54.6 Å². The molecule has 0 aromatic heterocycles. The maximum absolute atomic E-state index is 11.7. The molecule has 1 aliphatic carbocycles. The lowest BCUT2D eigenvalue weighted by molar-refractivity contribution is -0.137. The van der Waals surface area contributed by atoms with E-state index in [-0.39, 0.29) is 19.6 Å². The highest BCUT2D eigenvalue weighted by atomic mass is 32.2. The highest BCUT2D eigenvalue weighted by Gasteiger charge is 2.46. The average molecular weight is 252 g/mol. The van der Waals surface area contributed by atoms with Gasteiger partial charge in [0.15, 0.2) is 0 Å². The van der Waals surface area contributed by atoms with Gasteiger partial charge in [-0.3, -0.25) is 4.79 Å². The predicted molar refractivity (Wildman–Crippen MR) is 56.0 cm³/mol. The van der Waals surface area contributed by atoms with Gasteiger partial charge in [0, 0.05) is 13.6 Å². The summed E-state index contributed by atoms with van der Waals surface area (Å²) in [6, 6.07) is 0. The Bertz CT molecular complexity index is 363. The molecule has 94 valence electrons. The van der Waals surface area contributed by atoms with Crippen molar-refractivity contribution in [2.75, 3.05) is 20.2 Å². The Morgan fingerprint density at radius 1 is 1.50 bits per heavy atom. The van der Waals surface area contributed by atoms with Crippen LogP contribution in [-0.2, 0) is 15.0 Å². The highest BCUT2D eigenvalue weighted by molar-refractivity contribution is 7.87. The van der Waals surface area contributed by atoms with Gasteiger partial charge in [-0.05, 0) is 12.8 Å². The van der Waals surface area contributed by atoms with Crippen molar-refractivity contribution in [1.82, 2.24) is 9.03 Å². The fourth-order valence-electron chi connectivity index (χ4n) is 1.17. The van der Waals surface area contributed by atoms with E-state index in [0.29, 0.717) is 12.8 Å². The van der Waals surface area contributed by atoms with E-state index in [4.69, 9.17) is 10.2 Å². The zero-order valence-electron chi connectivity index (χ0n) is 9.01. The van der Waals surface area contributed by atoms with E-state index in [1.54, 1.807) is 0 Å². The number of rotatable bonds is 7. The topological polar surface area (TPSA) is 107 Å². The number of nitrogens with zero attached hydrogens (tertiary/aromatic N) is 1. The van der Waals surface area contributed by atoms with Crippen LogP contribution in [0.15, 0.2) is 0 Å². The maximum Gasteiger partial charge on any atom is 0.304 e. The molecule has 0 aromatic rings. The molecule has 0 spiro atoms. The summed E-state index contributed by atoms with van der Waals surface area (Å²) in [4.78, 5) is 10.3. The number of aliphatic hydroxyl groups excluding tert-OH is 1. The van der Waals surface area contributed by atoms with Gasteiger partial charge in [-0.1, -0.05) is 0 Å². The van der Waals surface area contributed by atoms with Crippen LogP contribution in [0.2, 0.25) is 0 Å². The van der Waals surface area contributed by atoms with Crippen molar-refractivity contribution in [2.45, 2.75) is 24.8 Å². The van der Waals surface area contributed by atoms with Gasteiger partial charge in [-0.2, -0.15) is 17.4 Å². The summed E-state index contributed by atoms with van der Waals surface area (Å²) in [6.07, 6.45) is 0.967. The molecule has 1 fully saturated rings. The van der Waals surface area contributed by atoms with Crippen LogP contribution in [0.3, 0.4) is 0 Å². The van der Waals surface area contributed by atoms with E-state index in [1.165, 1.54) is 7.05 Å². The Labute approximate surface area is 94.2 Å². The molecule has 0 saturated heterocycles. The third-order valence-corrected chi connectivity index (χ3v) is 4.25. The first-order valence-corrected chi connectivity index (χ1v) is 6.33. The Kier molecular flexibility index (Phi) is 3.89. The average Bonchev–Trinajstić information content (AvgIpc) is 2.94. The molecule has 1 aliphatic rings. The van der Waals surface area contributed by atoms with Crippen LogP contribution < -0.4 is 4.72 Å². The lowest BCUT2D eigenvalue weighted by Gasteiger charge is -2.21. The molecule has 16 heavy (non-hydrogen) atoms. The van der Waals surface area contributed by atoms with Crippen molar-refractivity contribution in [3.63, 3.8) is 0 Å². The van der Waals surface area contributed by atoms with Gasteiger partial charge in [0.05, 0.1) is 18.6 Å². The van der Waals surface area contributed by atoms with Gasteiger partial charge >= 0.3 is 5.97 Å². The van der Waals surface area contributed by atoms with E-state index < -0.39 is 21.7 Å². The fourth-order valence-corrected chi connectivity index (χ4v) is 2.47. The first-order chi connectivity index (χ1) is 7.31. The van der Waals surface area contributed by atoms with Crippen molar-refractivity contribution >= 4 is 16.2 Å². The number of aliphatic hydroxyl groups is 1. The van der Waals surface area contributed by atoms with Crippen molar-refractivity contribution in [3.8, 4) is 0 Å². The van der Waals surface area contributed by atoms with Crippen LogP contribution in [0.5, 0.6) is 0 Å². The van der Waals surface area contributed by atoms with Crippen LogP contribution in [0.4, 0.5) is 0 Å². The van der Waals surface area contributed by atoms with Gasteiger partial charge in [0.25, 0.3) is 10.2 Å². The third-order valence-electron chi connectivity index (χ3n) is 2.55. The van der Waals surface area contributed by atoms with Gasteiger partial charge in [0.1, 0.15) is 0 Å². The monoisotopic (exact) mass is 252 g/mol. The van der Waals surface area contributed by atoms with Crippen molar-refractivity contribution < 1.29 is 23.4 Å². The molecule has 0 atom stereocenters. The number of carboxylic acid groups (broad SMARTS) is 1. The first-order valence-electron chi connectivity index (χ1n) is 4.89. The minimum absolute atomic E-state index is 0.0911. The van der Waals surface area contributed by atoms with E-state index in [9.17, 15) is 13.2 Å². The molecule has 7 nitrogen and oxygen atoms in total. The molecule has 1 rings (SSSR count). The lowest BCUT2D eigenvalue weighted by atomic mass is 10.3. The first kappa shape index (κ1) is 13.4. The molecule has 0 bridgehead atoms. The second kappa shape index (κ2) is 4.66. The smallest absolute Gasteiger partial charge is 0.304 e. The SMILES string of the molecule is CN(CCC(=O)O)S(=O)(=O)NC1(CO)CC1. The fraction of sp³-hybridized carbons (Fsp3) is 0.875. The van der Waals surface area contributed by atoms with Crippen LogP contribution in [0.25, 0.3) is 0 Å². The Balaban J connectivity index is 2.53. The lowest BCUT2D eigenvalue weighted by Crippen LogP contribution is -2.47. The van der Waals surface area contributed by atoms with Crippen LogP contribution >= 0.6 is 0 Å². The Morgan fingerprint density at radius 2 is 2.06 bits per heavy atom. The summed E-state index contributed by atoms with van der Waals surface area (Å²) < 4.78 is 26.7. The molecule has 8 heteroatoms. The van der Waals surface area contributed by atoms with E-state index >= 15 is 0 Å². The molecule has 0 radical (unpaired) electrons. The number of nitrogens with one attached hydrogen (secondary N) is 1. The van der Waals surface area contributed by atoms with Gasteiger partial charge in [-0.15, -0.1) is 0 Å². The van der Waals surface area contributed by atoms with Gasteiger partial charge in [-0.25, -0.2) is 0 Å². The zero-order chi connectivity index (χ0) is 12.4. The second-order valence-corrected chi connectivity index (χ2v) is 5.79. The zero-order valence-corrected chi connectivity index (χ0v) is 9.83. The minimum Gasteiger partial charge on any atom is -0.481 e. The normalized spacial score (nSPS) is 18.7. The molecule has 3 N–H and O–H groups in total. The molecule has 0 unspecified atom stereocenters. The molecular formula is C8H16N2O5S. The molecule has 0 aromatic carbocycles. The predicted octanol–water partition coefficient (Wildman–Crippen LogP) is -1.25. The second-order valence-electron chi connectivity index (χ2n) is 4.01. The minimum atomic E-state index is -3.70. The molecule has 1 saturated carbocycles. The molecule has 0 heterocycles. The molecular weight excluding hydrogens is 236 g/mol. The largest absolute Gasteiger partial charge is 0.481 e. The summed E-state index contributed by atoms with van der Waals surface area (Å²) in [5.41, 5.74) is -0.726. The Hall–Kier alpha value is -0.700. The number of hydrogen-bond donors (Lipinski definition) is 3. The van der Waals surface area contributed by atoms with Gasteiger partial charge in [0.2, 0.25) is 0 Å². The summed E-state index contributed by atoms with van der Waals surface area (Å²) in [6.45, 7) is -0.328. The summed E-state index contributed by atoms with van der Waals surface area (Å²) in [7, 11) is -2.40. The summed E-state index contributed by atoms with van der Waals surface area (Å²) in [5, 5.41) is 17.4. The van der Waals surface area contributed by atoms with Crippen LogP contribution in [0.1, 0.15) is 19.3 Å². The van der Waals surface area contributed by atoms with Crippen LogP contribution in [0, 0.1) is 0 Å². The van der Waals surface area contributed by atoms with E-state index in [2.05, 4.69) is 4.72 Å². The number of carboxylic acids is 1. The summed E-state index contributed by atoms with van der Waals surface area (Å²) >= 11 is 0. The maximum atomic E-state index is 11.7. The number of carbonyl (C=O) groups is 1. The van der Waals surface area contributed by atoms with Gasteiger partial charge < -0.3 is 10.2 Å². The summed E-state index contributed by atoms with van der Waals surface area (Å²) in [5.74, 6) is -1.05.